The van der Waals surface area contributed by atoms with E-state index >= 15 is 0 Å². The number of hydrogen-bond donors (Lipinski definition) is 1. The third-order valence-corrected chi connectivity index (χ3v) is 3.60. The van der Waals surface area contributed by atoms with E-state index in [1.54, 1.807) is 0 Å². The Morgan fingerprint density at radius 2 is 1.65 bits per heavy atom. The molecule has 1 N–H and O–H groups in total. The van der Waals surface area contributed by atoms with E-state index in [0.717, 1.165) is 5.56 Å². The Bertz CT molecular complexity index is 507. The van der Waals surface area contributed by atoms with Gasteiger partial charge in [0, 0.05) is 25.4 Å². The summed E-state index contributed by atoms with van der Waals surface area (Å²) >= 11 is 0. The predicted molar refractivity (Wildman–Crippen MR) is 68.7 cm³/mol. The number of aliphatic hydroxyl groups is 1. The van der Waals surface area contributed by atoms with E-state index < -0.39 is 31.6 Å². The molecule has 130 valence electrons. The highest BCUT2D eigenvalue weighted by Crippen LogP contribution is 2.32. The quantitative estimate of drug-likeness (QED) is 0.829. The van der Waals surface area contributed by atoms with Crippen molar-refractivity contribution in [1.82, 2.24) is 4.90 Å². The maximum atomic E-state index is 12.1. The Morgan fingerprint density at radius 1 is 1.09 bits per heavy atom. The predicted octanol–water partition coefficient (Wildman–Crippen LogP) is 3.65. The smallest absolute Gasteiger partial charge is 0.406 e. The first-order chi connectivity index (χ1) is 10.5. The van der Waals surface area contributed by atoms with E-state index in [-0.39, 0.29) is 11.7 Å². The van der Waals surface area contributed by atoms with Gasteiger partial charge in [0.05, 0.1) is 0 Å². The summed E-state index contributed by atoms with van der Waals surface area (Å²) in [6.07, 6.45) is -11.7. The van der Waals surface area contributed by atoms with Crippen molar-refractivity contribution in [3.63, 3.8) is 0 Å². The molecule has 1 aliphatic heterocycles. The fourth-order valence-electron chi connectivity index (χ4n) is 2.38. The highest BCUT2D eigenvalue weighted by atomic mass is 19.4. The summed E-state index contributed by atoms with van der Waals surface area (Å²) in [7, 11) is 0. The molecule has 0 aromatic heterocycles. The van der Waals surface area contributed by atoms with Crippen molar-refractivity contribution in [2.45, 2.75) is 37.5 Å². The van der Waals surface area contributed by atoms with E-state index in [0.29, 0.717) is 13.1 Å². The molecular formula is C14H15F6NO2. The van der Waals surface area contributed by atoms with Gasteiger partial charge in [-0.3, -0.25) is 4.90 Å². The van der Waals surface area contributed by atoms with E-state index in [1.165, 1.54) is 29.2 Å². The number of likely N-dealkylation sites (tertiary alicyclic amines) is 1. The Hall–Kier alpha value is -1.48. The number of nitrogens with zero attached hydrogens (tertiary/aromatic N) is 1. The highest BCUT2D eigenvalue weighted by molar-refractivity contribution is 5.31. The van der Waals surface area contributed by atoms with Gasteiger partial charge in [-0.25, -0.2) is 0 Å². The first-order valence-electron chi connectivity index (χ1n) is 6.88. The summed E-state index contributed by atoms with van der Waals surface area (Å²) < 4.78 is 76.1. The van der Waals surface area contributed by atoms with Crippen LogP contribution in [0.1, 0.15) is 24.3 Å². The zero-order valence-electron chi connectivity index (χ0n) is 11.9. The van der Waals surface area contributed by atoms with Crippen molar-refractivity contribution in [2.75, 3.05) is 13.1 Å². The summed E-state index contributed by atoms with van der Waals surface area (Å²) in [6.45, 7) is 0.719. The second kappa shape index (κ2) is 6.56. The number of rotatable bonds is 5. The summed E-state index contributed by atoms with van der Waals surface area (Å²) in [6, 6.07) is 5.33. The topological polar surface area (TPSA) is 32.7 Å². The molecule has 1 atom stereocenters. The van der Waals surface area contributed by atoms with E-state index in [1.807, 2.05) is 0 Å². The van der Waals surface area contributed by atoms with Crippen molar-refractivity contribution >= 4 is 0 Å². The monoisotopic (exact) mass is 343 g/mol. The number of aliphatic hydroxyl groups excluding tert-OH is 1. The van der Waals surface area contributed by atoms with Gasteiger partial charge < -0.3 is 9.84 Å². The Kier molecular flexibility index (Phi) is 5.10. The average molecular weight is 343 g/mol. The Balaban J connectivity index is 1.80. The normalized spacial score (nSPS) is 18.6. The number of halogens is 6. The van der Waals surface area contributed by atoms with Crippen LogP contribution in [0.5, 0.6) is 5.75 Å². The number of benzene rings is 1. The van der Waals surface area contributed by atoms with E-state index in [2.05, 4.69) is 4.74 Å². The minimum Gasteiger partial charge on any atom is -0.406 e. The standard InChI is InChI=1S/C14H15F6NO2/c15-13(16,17)6-5-12(22)21-7-10(8-21)9-1-3-11(4-2-9)23-14(18,19)20/h1-4,10,12,22H,5-8H2. The number of hydrogen-bond acceptors (Lipinski definition) is 3. The molecule has 0 amide bonds. The number of alkyl halides is 6. The van der Waals surface area contributed by atoms with Crippen LogP contribution in [0, 0.1) is 0 Å². The van der Waals surface area contributed by atoms with Crippen LogP contribution in [0.4, 0.5) is 26.3 Å². The van der Waals surface area contributed by atoms with Gasteiger partial charge in [-0.2, -0.15) is 13.2 Å². The molecule has 1 aliphatic rings. The van der Waals surface area contributed by atoms with Crippen LogP contribution >= 0.6 is 0 Å². The Labute approximate surface area is 128 Å². The highest BCUT2D eigenvalue weighted by Gasteiger charge is 2.35. The second-order valence-electron chi connectivity index (χ2n) is 5.40. The van der Waals surface area contributed by atoms with Crippen LogP contribution in [0.2, 0.25) is 0 Å². The zero-order valence-corrected chi connectivity index (χ0v) is 11.9. The first-order valence-corrected chi connectivity index (χ1v) is 6.88. The lowest BCUT2D eigenvalue weighted by molar-refractivity contribution is -0.274. The van der Waals surface area contributed by atoms with Gasteiger partial charge in [-0.05, 0) is 24.1 Å². The van der Waals surface area contributed by atoms with Gasteiger partial charge in [0.1, 0.15) is 12.0 Å². The van der Waals surface area contributed by atoms with E-state index in [9.17, 15) is 31.4 Å². The molecule has 2 rings (SSSR count). The van der Waals surface area contributed by atoms with Crippen molar-refractivity contribution in [3.05, 3.63) is 29.8 Å². The maximum Gasteiger partial charge on any atom is 0.573 e. The molecule has 0 saturated carbocycles. The van der Waals surface area contributed by atoms with E-state index in [4.69, 9.17) is 0 Å². The summed E-state index contributed by atoms with van der Waals surface area (Å²) in [4.78, 5) is 1.50. The lowest BCUT2D eigenvalue weighted by Crippen LogP contribution is -2.50. The maximum absolute atomic E-state index is 12.1. The molecule has 1 aromatic rings. The molecule has 1 unspecified atom stereocenters. The largest absolute Gasteiger partial charge is 0.573 e. The first kappa shape index (κ1) is 17.9. The molecule has 0 radical (unpaired) electrons. The molecule has 9 heteroatoms. The van der Waals surface area contributed by atoms with Crippen molar-refractivity contribution < 1.29 is 36.2 Å². The van der Waals surface area contributed by atoms with Gasteiger partial charge in [-0.15, -0.1) is 13.2 Å². The average Bonchev–Trinajstić information content (AvgIpc) is 2.34. The molecule has 0 bridgehead atoms. The lowest BCUT2D eigenvalue weighted by Gasteiger charge is -2.42. The van der Waals surface area contributed by atoms with Gasteiger partial charge in [0.25, 0.3) is 0 Å². The third-order valence-electron chi connectivity index (χ3n) is 3.60. The van der Waals surface area contributed by atoms with Crippen molar-refractivity contribution in [1.29, 1.82) is 0 Å². The van der Waals surface area contributed by atoms with Crippen molar-refractivity contribution in [3.8, 4) is 5.75 Å². The zero-order chi connectivity index (χ0) is 17.3. The van der Waals surface area contributed by atoms with Crippen LogP contribution in [0.3, 0.4) is 0 Å². The van der Waals surface area contributed by atoms with Crippen LogP contribution in [-0.4, -0.2) is 41.9 Å². The molecule has 3 nitrogen and oxygen atoms in total. The minimum atomic E-state index is -4.75. The fourth-order valence-corrected chi connectivity index (χ4v) is 2.38. The molecule has 23 heavy (non-hydrogen) atoms. The molecule has 1 aromatic carbocycles. The molecular weight excluding hydrogens is 328 g/mol. The summed E-state index contributed by atoms with van der Waals surface area (Å²) in [5, 5.41) is 9.65. The fraction of sp³-hybridized carbons (Fsp3) is 0.571. The third kappa shape index (κ3) is 5.58. The van der Waals surface area contributed by atoms with Crippen LogP contribution < -0.4 is 4.74 Å². The van der Waals surface area contributed by atoms with Gasteiger partial charge in [-0.1, -0.05) is 12.1 Å². The minimum absolute atomic E-state index is 0.0320. The van der Waals surface area contributed by atoms with Crippen LogP contribution in [-0.2, 0) is 0 Å². The summed E-state index contributed by atoms with van der Waals surface area (Å²) in [5.41, 5.74) is 0.749. The van der Waals surface area contributed by atoms with Gasteiger partial charge in [0.2, 0.25) is 0 Å². The Morgan fingerprint density at radius 3 is 2.13 bits per heavy atom. The molecule has 0 spiro atoms. The number of ether oxygens (including phenoxy) is 1. The van der Waals surface area contributed by atoms with Gasteiger partial charge >= 0.3 is 12.5 Å². The SMILES string of the molecule is OC(CCC(F)(F)F)N1CC(c2ccc(OC(F)(F)F)cc2)C1. The molecule has 1 fully saturated rings. The molecule has 0 aliphatic carbocycles. The summed E-state index contributed by atoms with van der Waals surface area (Å²) in [5.74, 6) is -0.363. The molecule has 1 heterocycles. The van der Waals surface area contributed by atoms with Crippen LogP contribution in [0.25, 0.3) is 0 Å². The van der Waals surface area contributed by atoms with Crippen molar-refractivity contribution in [2.24, 2.45) is 0 Å². The second-order valence-corrected chi connectivity index (χ2v) is 5.40. The van der Waals surface area contributed by atoms with Crippen LogP contribution in [0.15, 0.2) is 24.3 Å². The molecule has 1 saturated heterocycles. The lowest BCUT2D eigenvalue weighted by atomic mass is 9.91. The van der Waals surface area contributed by atoms with Gasteiger partial charge in [0.15, 0.2) is 0 Å².